The Morgan fingerprint density at radius 3 is 2.61 bits per heavy atom. The van der Waals surface area contributed by atoms with E-state index in [9.17, 15) is 4.79 Å². The molecular formula is C16H19Cl2N3O2. The first-order chi connectivity index (χ1) is 10.7. The predicted molar refractivity (Wildman–Crippen MR) is 89.5 cm³/mol. The van der Waals surface area contributed by atoms with E-state index in [4.69, 9.17) is 27.9 Å². The molecule has 1 aromatic heterocycles. The lowest BCUT2D eigenvalue weighted by atomic mass is 9.97. The van der Waals surface area contributed by atoms with Gasteiger partial charge in [0.1, 0.15) is 11.3 Å². The van der Waals surface area contributed by atoms with E-state index in [1.54, 1.807) is 4.90 Å². The smallest absolute Gasteiger partial charge is 0.410 e. The van der Waals surface area contributed by atoms with Crippen LogP contribution in [0.15, 0.2) is 6.20 Å². The Bertz CT molecular complexity index is 639. The number of hydrogen-bond acceptors (Lipinski definition) is 4. The summed E-state index contributed by atoms with van der Waals surface area (Å²) in [6, 6.07) is 0. The number of likely N-dealkylation sites (tertiary alicyclic amines) is 1. The molecule has 0 unspecified atom stereocenters. The summed E-state index contributed by atoms with van der Waals surface area (Å²) < 4.78 is 5.37. The predicted octanol–water partition coefficient (Wildman–Crippen LogP) is 3.78. The van der Waals surface area contributed by atoms with Crippen molar-refractivity contribution in [3.8, 4) is 11.8 Å². The first-order valence-electron chi connectivity index (χ1n) is 7.42. The molecule has 0 spiro atoms. The quantitative estimate of drug-likeness (QED) is 0.524. The van der Waals surface area contributed by atoms with Crippen molar-refractivity contribution >= 4 is 29.3 Å². The third kappa shape index (κ3) is 5.56. The number of carbonyl (C=O) groups excluding carboxylic acids is 1. The average Bonchev–Trinajstić information content (AvgIpc) is 2.47. The van der Waals surface area contributed by atoms with Crippen LogP contribution >= 0.6 is 23.2 Å². The zero-order valence-corrected chi connectivity index (χ0v) is 14.9. The molecule has 1 saturated heterocycles. The number of ether oxygens (including phenoxy) is 1. The zero-order chi connectivity index (χ0) is 17.0. The van der Waals surface area contributed by atoms with Crippen LogP contribution < -0.4 is 0 Å². The van der Waals surface area contributed by atoms with Crippen LogP contribution in [-0.2, 0) is 4.74 Å². The molecule has 1 aromatic rings. The number of carbonyl (C=O) groups is 1. The Morgan fingerprint density at radius 2 is 2.00 bits per heavy atom. The monoisotopic (exact) mass is 355 g/mol. The van der Waals surface area contributed by atoms with E-state index >= 15 is 0 Å². The van der Waals surface area contributed by atoms with Crippen molar-refractivity contribution in [3.63, 3.8) is 0 Å². The van der Waals surface area contributed by atoms with Crippen LogP contribution in [0.25, 0.3) is 0 Å². The first-order valence-corrected chi connectivity index (χ1v) is 8.18. The number of amides is 1. The highest BCUT2D eigenvalue weighted by molar-refractivity contribution is 6.32. The third-order valence-electron chi connectivity index (χ3n) is 3.26. The van der Waals surface area contributed by atoms with E-state index in [0.29, 0.717) is 23.8 Å². The van der Waals surface area contributed by atoms with Crippen molar-refractivity contribution in [1.82, 2.24) is 14.9 Å². The van der Waals surface area contributed by atoms with Crippen molar-refractivity contribution in [2.45, 2.75) is 39.2 Å². The minimum atomic E-state index is -0.475. The van der Waals surface area contributed by atoms with Gasteiger partial charge in [0.25, 0.3) is 0 Å². The summed E-state index contributed by atoms with van der Waals surface area (Å²) in [5.41, 5.74) is -0.0437. The van der Waals surface area contributed by atoms with E-state index in [1.807, 2.05) is 20.8 Å². The van der Waals surface area contributed by atoms with Gasteiger partial charge in [0, 0.05) is 19.0 Å². The van der Waals surface area contributed by atoms with Crippen LogP contribution in [0.2, 0.25) is 10.3 Å². The topological polar surface area (TPSA) is 55.3 Å². The summed E-state index contributed by atoms with van der Waals surface area (Å²) in [4.78, 5) is 21.5. The third-order valence-corrected chi connectivity index (χ3v) is 3.71. The van der Waals surface area contributed by atoms with Crippen LogP contribution in [0.5, 0.6) is 0 Å². The second kappa shape index (κ2) is 7.37. The van der Waals surface area contributed by atoms with Crippen molar-refractivity contribution in [1.29, 1.82) is 0 Å². The van der Waals surface area contributed by atoms with Gasteiger partial charge in [-0.3, -0.25) is 0 Å². The first kappa shape index (κ1) is 17.8. The van der Waals surface area contributed by atoms with E-state index in [0.717, 1.165) is 12.8 Å². The van der Waals surface area contributed by atoms with Crippen LogP contribution in [0.1, 0.15) is 39.3 Å². The maximum Gasteiger partial charge on any atom is 0.410 e. The van der Waals surface area contributed by atoms with Crippen LogP contribution in [0.3, 0.4) is 0 Å². The lowest BCUT2D eigenvalue weighted by Gasteiger charge is -2.31. The molecule has 2 rings (SSSR count). The Labute approximate surface area is 146 Å². The molecule has 5 nitrogen and oxygen atoms in total. The number of aromatic nitrogens is 2. The Balaban J connectivity index is 1.92. The molecule has 1 amide bonds. The second-order valence-corrected chi connectivity index (χ2v) is 7.09. The molecule has 1 fully saturated rings. The molecule has 0 aliphatic carbocycles. The minimum Gasteiger partial charge on any atom is -0.444 e. The number of hydrogen-bond donors (Lipinski definition) is 0. The molecule has 1 aliphatic rings. The van der Waals surface area contributed by atoms with Crippen LogP contribution in [0, 0.1) is 17.8 Å². The molecule has 0 radical (unpaired) electrons. The summed E-state index contributed by atoms with van der Waals surface area (Å²) >= 11 is 11.7. The highest BCUT2D eigenvalue weighted by Crippen LogP contribution is 2.20. The summed E-state index contributed by atoms with van der Waals surface area (Å²) in [5, 5.41) is 0.506. The van der Waals surface area contributed by atoms with Crippen molar-refractivity contribution in [3.05, 3.63) is 22.2 Å². The van der Waals surface area contributed by atoms with E-state index in [1.165, 1.54) is 6.20 Å². The van der Waals surface area contributed by atoms with Gasteiger partial charge in [-0.15, -0.1) is 0 Å². The highest BCUT2D eigenvalue weighted by atomic mass is 35.5. The van der Waals surface area contributed by atoms with Gasteiger partial charge < -0.3 is 9.64 Å². The summed E-state index contributed by atoms with van der Waals surface area (Å²) in [7, 11) is 0. The van der Waals surface area contributed by atoms with Gasteiger partial charge in [0.2, 0.25) is 5.28 Å². The fourth-order valence-electron chi connectivity index (χ4n) is 2.14. The number of rotatable bonds is 0. The largest absolute Gasteiger partial charge is 0.444 e. The molecule has 0 atom stereocenters. The van der Waals surface area contributed by atoms with Gasteiger partial charge in [-0.1, -0.05) is 17.5 Å². The molecule has 0 bridgehead atoms. The molecule has 0 saturated carbocycles. The van der Waals surface area contributed by atoms with Crippen LogP contribution in [0.4, 0.5) is 4.79 Å². The van der Waals surface area contributed by atoms with Gasteiger partial charge in [-0.05, 0) is 51.1 Å². The number of piperidine rings is 1. The molecule has 7 heteroatoms. The lowest BCUT2D eigenvalue weighted by molar-refractivity contribution is 0.0199. The number of halogens is 2. The lowest BCUT2D eigenvalue weighted by Crippen LogP contribution is -2.41. The molecule has 0 aromatic carbocycles. The maximum absolute atomic E-state index is 12.0. The zero-order valence-electron chi connectivity index (χ0n) is 13.4. The van der Waals surface area contributed by atoms with E-state index < -0.39 is 5.60 Å². The molecule has 124 valence electrons. The molecule has 23 heavy (non-hydrogen) atoms. The summed E-state index contributed by atoms with van der Waals surface area (Å²) in [6.07, 6.45) is 2.76. The van der Waals surface area contributed by atoms with Gasteiger partial charge >= 0.3 is 6.09 Å². The normalized spacial score (nSPS) is 15.8. The molecular weight excluding hydrogens is 337 g/mol. The average molecular weight is 356 g/mol. The van der Waals surface area contributed by atoms with E-state index in [-0.39, 0.29) is 17.3 Å². The summed E-state index contributed by atoms with van der Waals surface area (Å²) in [5.74, 6) is 6.30. The fraction of sp³-hybridized carbons (Fsp3) is 0.562. The maximum atomic E-state index is 12.0. The fourth-order valence-corrected chi connectivity index (χ4v) is 2.41. The number of nitrogens with zero attached hydrogens (tertiary/aromatic N) is 3. The minimum absolute atomic E-state index is 0.124. The standard InChI is InChI=1S/C16H19Cl2N3O2/c1-16(2,3)23-15(22)21-8-6-11(7-9-21)4-5-13-12(17)10-19-14(18)20-13/h10-11H,6-9H2,1-3H3. The van der Waals surface area contributed by atoms with Gasteiger partial charge in [-0.2, -0.15) is 0 Å². The van der Waals surface area contributed by atoms with Crippen molar-refractivity contribution in [2.75, 3.05) is 13.1 Å². The van der Waals surface area contributed by atoms with Gasteiger partial charge in [-0.25, -0.2) is 14.8 Å². The Kier molecular flexibility index (Phi) is 5.72. The summed E-state index contributed by atoms with van der Waals surface area (Å²) in [6.45, 7) is 6.85. The Morgan fingerprint density at radius 1 is 1.35 bits per heavy atom. The van der Waals surface area contributed by atoms with Crippen LogP contribution in [-0.4, -0.2) is 39.7 Å². The molecule has 1 aliphatic heterocycles. The second-order valence-electron chi connectivity index (χ2n) is 6.35. The molecule has 2 heterocycles. The van der Waals surface area contributed by atoms with Crippen molar-refractivity contribution < 1.29 is 9.53 Å². The van der Waals surface area contributed by atoms with Gasteiger partial charge in [0.05, 0.1) is 11.2 Å². The van der Waals surface area contributed by atoms with Gasteiger partial charge in [0.15, 0.2) is 0 Å². The highest BCUT2D eigenvalue weighted by Gasteiger charge is 2.26. The molecule has 0 N–H and O–H groups in total. The van der Waals surface area contributed by atoms with Crippen molar-refractivity contribution in [2.24, 2.45) is 5.92 Å². The Hall–Kier alpha value is -1.51. The SMILES string of the molecule is CC(C)(C)OC(=O)N1CCC(C#Cc2nc(Cl)ncc2Cl)CC1. The van der Waals surface area contributed by atoms with E-state index in [2.05, 4.69) is 21.8 Å².